The second-order valence-electron chi connectivity index (χ2n) is 4.66. The van der Waals surface area contributed by atoms with E-state index in [0.717, 1.165) is 0 Å². The summed E-state index contributed by atoms with van der Waals surface area (Å²) in [5.74, 6) is -0.396. The van der Waals surface area contributed by atoms with Crippen LogP contribution >= 0.6 is 0 Å². The van der Waals surface area contributed by atoms with Crippen LogP contribution < -0.4 is 0 Å². The van der Waals surface area contributed by atoms with Crippen molar-refractivity contribution in [2.24, 2.45) is 0 Å². The molecule has 1 saturated heterocycles. The van der Waals surface area contributed by atoms with Gasteiger partial charge < -0.3 is 14.4 Å². The summed E-state index contributed by atoms with van der Waals surface area (Å²) in [5.41, 5.74) is -1.07. The summed E-state index contributed by atoms with van der Waals surface area (Å²) in [4.78, 5) is 25.2. The van der Waals surface area contributed by atoms with Crippen LogP contribution in [0.4, 0.5) is 0 Å². The molecule has 98 valence electrons. The Balaban J connectivity index is 2.32. The molecule has 1 N–H and O–H groups in total. The summed E-state index contributed by atoms with van der Waals surface area (Å²) < 4.78 is 5.29. The molecule has 1 aliphatic heterocycles. The molecule has 1 aromatic heterocycles. The zero-order valence-corrected chi connectivity index (χ0v) is 10.6. The largest absolute Gasteiger partial charge is 0.479 e. The quantitative estimate of drug-likeness (QED) is 0.892. The number of furan rings is 1. The van der Waals surface area contributed by atoms with Gasteiger partial charge in [-0.2, -0.15) is 0 Å². The van der Waals surface area contributed by atoms with E-state index in [-0.39, 0.29) is 11.7 Å². The first-order chi connectivity index (χ1) is 8.51. The fraction of sp³-hybridized carbons (Fsp3) is 0.538. The normalized spacial score (nSPS) is 23.3. The first kappa shape index (κ1) is 12.7. The highest BCUT2D eigenvalue weighted by Crippen LogP contribution is 2.34. The van der Waals surface area contributed by atoms with Gasteiger partial charge in [0.2, 0.25) is 0 Å². The Bertz CT molecular complexity index is 479. The summed E-state index contributed by atoms with van der Waals surface area (Å²) >= 11 is 0. The van der Waals surface area contributed by atoms with Crippen molar-refractivity contribution in [3.63, 3.8) is 0 Å². The molecule has 5 nitrogen and oxygen atoms in total. The number of carboxylic acids is 1. The molecule has 1 atom stereocenters. The molecule has 2 heterocycles. The SMILES string of the molecule is CCC1(C(=O)O)CCCN1C(=O)c1ccc(C)o1. The second kappa shape index (κ2) is 4.48. The highest BCUT2D eigenvalue weighted by atomic mass is 16.4. The van der Waals surface area contributed by atoms with Crippen molar-refractivity contribution in [3.8, 4) is 0 Å². The van der Waals surface area contributed by atoms with Gasteiger partial charge in [-0.05, 0) is 38.3 Å². The van der Waals surface area contributed by atoms with E-state index < -0.39 is 11.5 Å². The highest BCUT2D eigenvalue weighted by molar-refractivity contribution is 5.96. The first-order valence-corrected chi connectivity index (χ1v) is 6.13. The Kier molecular flexibility index (Phi) is 3.15. The minimum atomic E-state index is -1.07. The van der Waals surface area contributed by atoms with Crippen LogP contribution in [0.1, 0.15) is 42.5 Å². The van der Waals surface area contributed by atoms with Crippen LogP contribution in [-0.2, 0) is 4.79 Å². The monoisotopic (exact) mass is 251 g/mol. The summed E-state index contributed by atoms with van der Waals surface area (Å²) in [6.07, 6.45) is 1.63. The lowest BCUT2D eigenvalue weighted by Crippen LogP contribution is -2.52. The van der Waals surface area contributed by atoms with Crippen LogP contribution in [0.5, 0.6) is 0 Å². The summed E-state index contributed by atoms with van der Waals surface area (Å²) in [7, 11) is 0. The number of likely N-dealkylation sites (tertiary alicyclic amines) is 1. The van der Waals surface area contributed by atoms with Crippen LogP contribution in [0, 0.1) is 6.92 Å². The molecule has 2 rings (SSSR count). The van der Waals surface area contributed by atoms with Crippen molar-refractivity contribution in [3.05, 3.63) is 23.7 Å². The Morgan fingerprint density at radius 1 is 1.50 bits per heavy atom. The van der Waals surface area contributed by atoms with E-state index in [9.17, 15) is 14.7 Å². The van der Waals surface area contributed by atoms with E-state index in [1.165, 1.54) is 4.90 Å². The van der Waals surface area contributed by atoms with Crippen LogP contribution in [0.15, 0.2) is 16.5 Å². The van der Waals surface area contributed by atoms with E-state index in [1.54, 1.807) is 26.0 Å². The highest BCUT2D eigenvalue weighted by Gasteiger charge is 2.49. The molecule has 1 fully saturated rings. The van der Waals surface area contributed by atoms with E-state index in [1.807, 2.05) is 0 Å². The van der Waals surface area contributed by atoms with Crippen molar-refractivity contribution in [2.75, 3.05) is 6.54 Å². The number of rotatable bonds is 3. The molecule has 0 aromatic carbocycles. The number of amides is 1. The van der Waals surface area contributed by atoms with Crippen molar-refractivity contribution < 1.29 is 19.1 Å². The lowest BCUT2D eigenvalue weighted by atomic mass is 9.93. The maximum absolute atomic E-state index is 12.3. The third kappa shape index (κ3) is 1.79. The second-order valence-corrected chi connectivity index (χ2v) is 4.66. The van der Waals surface area contributed by atoms with Crippen LogP contribution in [-0.4, -0.2) is 34.0 Å². The van der Waals surface area contributed by atoms with Gasteiger partial charge in [0.25, 0.3) is 5.91 Å². The number of aliphatic carboxylic acids is 1. The Hall–Kier alpha value is -1.78. The fourth-order valence-electron chi connectivity index (χ4n) is 2.60. The van der Waals surface area contributed by atoms with E-state index in [0.29, 0.717) is 31.6 Å². The Morgan fingerprint density at radius 2 is 2.22 bits per heavy atom. The number of hydrogen-bond donors (Lipinski definition) is 1. The average Bonchev–Trinajstić information content (AvgIpc) is 2.94. The molecular formula is C13H17NO4. The summed E-state index contributed by atoms with van der Waals surface area (Å²) in [5, 5.41) is 9.41. The fourth-order valence-corrected chi connectivity index (χ4v) is 2.60. The van der Waals surface area contributed by atoms with Gasteiger partial charge in [-0.15, -0.1) is 0 Å². The molecule has 5 heteroatoms. The molecule has 0 saturated carbocycles. The van der Waals surface area contributed by atoms with Gasteiger partial charge in [0.15, 0.2) is 5.76 Å². The van der Waals surface area contributed by atoms with Crippen molar-refractivity contribution in [1.82, 2.24) is 4.90 Å². The number of carboxylic acid groups (broad SMARTS) is 1. The number of nitrogens with zero attached hydrogens (tertiary/aromatic N) is 1. The van der Waals surface area contributed by atoms with Gasteiger partial charge in [-0.25, -0.2) is 4.79 Å². The van der Waals surface area contributed by atoms with Gasteiger partial charge in [0.05, 0.1) is 0 Å². The van der Waals surface area contributed by atoms with E-state index in [2.05, 4.69) is 0 Å². The van der Waals surface area contributed by atoms with Crippen molar-refractivity contribution in [2.45, 2.75) is 38.6 Å². The van der Waals surface area contributed by atoms with Crippen LogP contribution in [0.2, 0.25) is 0 Å². The number of carbonyl (C=O) groups excluding carboxylic acids is 1. The molecule has 1 amide bonds. The third-order valence-corrected chi connectivity index (χ3v) is 3.67. The average molecular weight is 251 g/mol. The summed E-state index contributed by atoms with van der Waals surface area (Å²) in [6, 6.07) is 3.30. The number of carbonyl (C=O) groups is 2. The van der Waals surface area contributed by atoms with Gasteiger partial charge >= 0.3 is 5.97 Å². The lowest BCUT2D eigenvalue weighted by molar-refractivity contribution is -0.148. The smallest absolute Gasteiger partial charge is 0.329 e. The van der Waals surface area contributed by atoms with E-state index >= 15 is 0 Å². The standard InChI is InChI=1S/C13H17NO4/c1-3-13(12(16)17)7-4-8-14(13)11(15)10-6-5-9(2)18-10/h5-6H,3-4,7-8H2,1-2H3,(H,16,17). The number of hydrogen-bond acceptors (Lipinski definition) is 3. The zero-order chi connectivity index (χ0) is 13.3. The minimum absolute atomic E-state index is 0.216. The maximum atomic E-state index is 12.3. The van der Waals surface area contributed by atoms with Crippen molar-refractivity contribution in [1.29, 1.82) is 0 Å². The summed E-state index contributed by atoms with van der Waals surface area (Å²) in [6.45, 7) is 4.02. The lowest BCUT2D eigenvalue weighted by Gasteiger charge is -2.33. The molecule has 18 heavy (non-hydrogen) atoms. The maximum Gasteiger partial charge on any atom is 0.329 e. The zero-order valence-electron chi connectivity index (χ0n) is 10.6. The molecular weight excluding hydrogens is 234 g/mol. The Labute approximate surface area is 105 Å². The van der Waals surface area contributed by atoms with Gasteiger partial charge in [0.1, 0.15) is 11.3 Å². The minimum Gasteiger partial charge on any atom is -0.479 e. The molecule has 0 radical (unpaired) electrons. The Morgan fingerprint density at radius 3 is 2.72 bits per heavy atom. The predicted molar refractivity (Wildman–Crippen MR) is 64.4 cm³/mol. The molecule has 0 spiro atoms. The van der Waals surface area contributed by atoms with Crippen LogP contribution in [0.25, 0.3) is 0 Å². The molecule has 0 bridgehead atoms. The first-order valence-electron chi connectivity index (χ1n) is 6.13. The molecule has 0 aliphatic carbocycles. The molecule has 1 aromatic rings. The predicted octanol–water partition coefficient (Wildman–Crippen LogP) is 2.06. The van der Waals surface area contributed by atoms with Gasteiger partial charge in [-0.3, -0.25) is 4.79 Å². The van der Waals surface area contributed by atoms with Gasteiger partial charge in [-0.1, -0.05) is 6.92 Å². The molecule has 1 unspecified atom stereocenters. The number of aryl methyl sites for hydroxylation is 1. The third-order valence-electron chi connectivity index (χ3n) is 3.67. The van der Waals surface area contributed by atoms with Crippen molar-refractivity contribution >= 4 is 11.9 Å². The van der Waals surface area contributed by atoms with Crippen LogP contribution in [0.3, 0.4) is 0 Å². The van der Waals surface area contributed by atoms with E-state index in [4.69, 9.17) is 4.42 Å². The topological polar surface area (TPSA) is 70.8 Å². The molecule has 1 aliphatic rings. The van der Waals surface area contributed by atoms with Gasteiger partial charge in [0, 0.05) is 6.54 Å².